The van der Waals surface area contributed by atoms with Crippen LogP contribution >= 0.6 is 22.6 Å². The Kier molecular flexibility index (Phi) is 4.60. The van der Waals surface area contributed by atoms with E-state index in [1.807, 2.05) is 0 Å². The van der Waals surface area contributed by atoms with E-state index in [0.717, 1.165) is 18.3 Å². The molecule has 1 aromatic carbocycles. The number of hydrogen-bond acceptors (Lipinski definition) is 5. The van der Waals surface area contributed by atoms with Crippen molar-refractivity contribution in [3.8, 4) is 0 Å². The van der Waals surface area contributed by atoms with Crippen molar-refractivity contribution in [1.29, 1.82) is 0 Å². The number of esters is 2. The number of hydrogen-bond donors (Lipinski definition) is 1. The molecule has 1 N–H and O–H groups in total. The molecule has 0 amide bonds. The highest BCUT2D eigenvalue weighted by molar-refractivity contribution is 14.1. The number of alkyl halides is 3. The highest BCUT2D eigenvalue weighted by Gasteiger charge is 2.39. The SMILES string of the molecule is CC1(C)OC(=O)C(=CNc2cc(I)cc(C(F)(F)F)c2)C(=O)O1. The standard InChI is InChI=1S/C14H11F3INO4/c1-13(2)22-11(20)10(12(21)23-13)6-19-9-4-7(14(15,16)17)3-8(18)5-9/h3-6,19H,1-2H3. The highest BCUT2D eigenvalue weighted by Crippen LogP contribution is 2.32. The van der Waals surface area contributed by atoms with E-state index < -0.39 is 35.0 Å². The number of cyclic esters (lactones) is 2. The van der Waals surface area contributed by atoms with E-state index in [0.29, 0.717) is 3.57 Å². The molecule has 0 bridgehead atoms. The fraction of sp³-hybridized carbons (Fsp3) is 0.286. The van der Waals surface area contributed by atoms with Gasteiger partial charge in [0.2, 0.25) is 0 Å². The van der Waals surface area contributed by atoms with Gasteiger partial charge in [-0.25, -0.2) is 9.59 Å². The summed E-state index contributed by atoms with van der Waals surface area (Å²) in [5, 5.41) is 2.49. The molecule has 1 aliphatic heterocycles. The third kappa shape index (κ3) is 4.36. The third-order valence-corrected chi connectivity index (χ3v) is 3.35. The Morgan fingerprint density at radius 3 is 2.22 bits per heavy atom. The van der Waals surface area contributed by atoms with Gasteiger partial charge in [-0.05, 0) is 40.8 Å². The number of benzene rings is 1. The molecule has 0 aromatic heterocycles. The number of nitrogens with one attached hydrogen (secondary N) is 1. The van der Waals surface area contributed by atoms with Crippen LogP contribution in [-0.4, -0.2) is 17.7 Å². The Morgan fingerprint density at radius 1 is 1.13 bits per heavy atom. The van der Waals surface area contributed by atoms with Crippen LogP contribution in [0.4, 0.5) is 18.9 Å². The van der Waals surface area contributed by atoms with Gasteiger partial charge in [0.25, 0.3) is 5.79 Å². The molecule has 1 aromatic rings. The molecule has 1 heterocycles. The molecule has 0 unspecified atom stereocenters. The van der Waals surface area contributed by atoms with Crippen molar-refractivity contribution >= 4 is 40.2 Å². The first kappa shape index (κ1) is 17.6. The van der Waals surface area contributed by atoms with Crippen LogP contribution in [0.1, 0.15) is 19.4 Å². The van der Waals surface area contributed by atoms with Crippen LogP contribution in [0.5, 0.6) is 0 Å². The van der Waals surface area contributed by atoms with Gasteiger partial charge >= 0.3 is 18.1 Å². The van der Waals surface area contributed by atoms with Crippen molar-refractivity contribution in [2.45, 2.75) is 25.8 Å². The molecule has 9 heteroatoms. The second-order valence-corrected chi connectivity index (χ2v) is 6.35. The van der Waals surface area contributed by atoms with Gasteiger partial charge in [0, 0.05) is 29.3 Å². The predicted octanol–water partition coefficient (Wildman–Crippen LogP) is 3.44. The molecular formula is C14H11F3INO4. The molecule has 0 spiro atoms. The minimum Gasteiger partial charge on any atom is -0.419 e. The average molecular weight is 441 g/mol. The minimum absolute atomic E-state index is 0.0714. The Morgan fingerprint density at radius 2 is 1.70 bits per heavy atom. The summed E-state index contributed by atoms with van der Waals surface area (Å²) in [6, 6.07) is 3.27. The topological polar surface area (TPSA) is 64.6 Å². The van der Waals surface area contributed by atoms with E-state index in [1.54, 1.807) is 22.6 Å². The number of carbonyl (C=O) groups is 2. The molecule has 1 aliphatic rings. The van der Waals surface area contributed by atoms with Crippen LogP contribution in [0.15, 0.2) is 30.0 Å². The average Bonchev–Trinajstić information content (AvgIpc) is 2.34. The van der Waals surface area contributed by atoms with E-state index >= 15 is 0 Å². The summed E-state index contributed by atoms with van der Waals surface area (Å²) in [7, 11) is 0. The molecule has 1 fully saturated rings. The summed E-state index contributed by atoms with van der Waals surface area (Å²) in [5.74, 6) is -3.21. The number of ether oxygens (including phenoxy) is 2. The highest BCUT2D eigenvalue weighted by atomic mass is 127. The Labute approximate surface area is 143 Å². The van der Waals surface area contributed by atoms with E-state index in [4.69, 9.17) is 9.47 Å². The van der Waals surface area contributed by atoms with Crippen LogP contribution < -0.4 is 5.32 Å². The summed E-state index contributed by atoms with van der Waals surface area (Å²) in [6.07, 6.45) is -3.54. The van der Waals surface area contributed by atoms with Crippen LogP contribution in [0, 0.1) is 3.57 Å². The smallest absolute Gasteiger partial charge is 0.416 e. The van der Waals surface area contributed by atoms with Gasteiger partial charge in [0.05, 0.1) is 5.56 Å². The largest absolute Gasteiger partial charge is 0.419 e. The lowest BCUT2D eigenvalue weighted by atomic mass is 10.2. The summed E-state index contributed by atoms with van der Waals surface area (Å²) >= 11 is 1.73. The Hall–Kier alpha value is -1.78. The fourth-order valence-corrected chi connectivity index (χ4v) is 2.44. The zero-order chi connectivity index (χ0) is 17.4. The molecule has 5 nitrogen and oxygen atoms in total. The molecular weight excluding hydrogens is 430 g/mol. The lowest BCUT2D eigenvalue weighted by Crippen LogP contribution is -2.42. The first-order valence-electron chi connectivity index (χ1n) is 6.29. The lowest BCUT2D eigenvalue weighted by molar-refractivity contribution is -0.222. The maximum Gasteiger partial charge on any atom is 0.416 e. The second kappa shape index (κ2) is 6.02. The number of carbonyl (C=O) groups excluding carboxylic acids is 2. The third-order valence-electron chi connectivity index (χ3n) is 2.73. The zero-order valence-corrected chi connectivity index (χ0v) is 14.1. The van der Waals surface area contributed by atoms with Crippen LogP contribution in [-0.2, 0) is 25.2 Å². The summed E-state index contributed by atoms with van der Waals surface area (Å²) in [5.41, 5.74) is -1.21. The maximum absolute atomic E-state index is 12.8. The number of rotatable bonds is 2. The molecule has 124 valence electrons. The van der Waals surface area contributed by atoms with E-state index in [-0.39, 0.29) is 5.69 Å². The fourth-order valence-electron chi connectivity index (χ4n) is 1.77. The van der Waals surface area contributed by atoms with Crippen molar-refractivity contribution in [2.75, 3.05) is 5.32 Å². The van der Waals surface area contributed by atoms with Crippen LogP contribution in [0.3, 0.4) is 0 Å². The molecule has 0 saturated carbocycles. The van der Waals surface area contributed by atoms with Crippen molar-refractivity contribution in [3.05, 3.63) is 39.1 Å². The molecule has 1 saturated heterocycles. The molecule has 2 rings (SSSR count). The summed E-state index contributed by atoms with van der Waals surface area (Å²) in [6.45, 7) is 2.78. The van der Waals surface area contributed by atoms with Crippen LogP contribution in [0.2, 0.25) is 0 Å². The van der Waals surface area contributed by atoms with E-state index in [2.05, 4.69) is 5.32 Å². The van der Waals surface area contributed by atoms with Gasteiger partial charge in [-0.15, -0.1) is 0 Å². The van der Waals surface area contributed by atoms with E-state index in [1.165, 1.54) is 19.9 Å². The number of anilines is 1. The normalized spacial score (nSPS) is 17.4. The first-order chi connectivity index (χ1) is 10.5. The van der Waals surface area contributed by atoms with Crippen molar-refractivity contribution < 1.29 is 32.2 Å². The Balaban J connectivity index is 2.25. The van der Waals surface area contributed by atoms with Crippen molar-refractivity contribution in [1.82, 2.24) is 0 Å². The number of halogens is 4. The quantitative estimate of drug-likeness (QED) is 0.330. The summed E-state index contributed by atoms with van der Waals surface area (Å²) < 4.78 is 48.4. The Bertz CT molecular complexity index is 676. The van der Waals surface area contributed by atoms with Crippen molar-refractivity contribution in [2.24, 2.45) is 0 Å². The monoisotopic (exact) mass is 441 g/mol. The minimum atomic E-state index is -4.50. The lowest BCUT2D eigenvalue weighted by Gasteiger charge is -2.29. The van der Waals surface area contributed by atoms with Crippen LogP contribution in [0.25, 0.3) is 0 Å². The van der Waals surface area contributed by atoms with E-state index in [9.17, 15) is 22.8 Å². The van der Waals surface area contributed by atoms with Crippen molar-refractivity contribution in [3.63, 3.8) is 0 Å². The second-order valence-electron chi connectivity index (χ2n) is 5.11. The zero-order valence-electron chi connectivity index (χ0n) is 12.0. The molecule has 23 heavy (non-hydrogen) atoms. The van der Waals surface area contributed by atoms with Gasteiger partial charge < -0.3 is 14.8 Å². The predicted molar refractivity (Wildman–Crippen MR) is 82.1 cm³/mol. The van der Waals surface area contributed by atoms with Gasteiger partial charge in [0.1, 0.15) is 0 Å². The molecule has 0 atom stereocenters. The van der Waals surface area contributed by atoms with Gasteiger partial charge in [-0.1, -0.05) is 0 Å². The van der Waals surface area contributed by atoms with Gasteiger partial charge in [-0.2, -0.15) is 13.2 Å². The maximum atomic E-state index is 12.8. The van der Waals surface area contributed by atoms with Gasteiger partial charge in [-0.3, -0.25) is 0 Å². The van der Waals surface area contributed by atoms with Gasteiger partial charge in [0.15, 0.2) is 5.57 Å². The molecule has 0 radical (unpaired) electrons. The first-order valence-corrected chi connectivity index (χ1v) is 7.37. The molecule has 0 aliphatic carbocycles. The summed E-state index contributed by atoms with van der Waals surface area (Å²) in [4.78, 5) is 23.4.